The highest BCUT2D eigenvalue weighted by molar-refractivity contribution is 6.05. The summed E-state index contributed by atoms with van der Waals surface area (Å²) in [5, 5.41) is 22.5. The summed E-state index contributed by atoms with van der Waals surface area (Å²) in [5.74, 6) is -5.84. The zero-order chi connectivity index (χ0) is 41.5. The zero-order valence-corrected chi connectivity index (χ0v) is 34.0. The smallest absolute Gasteiger partial charge is 0.408 e. The molecule has 308 valence electrons. The Hall–Kier alpha value is -4.82. The summed E-state index contributed by atoms with van der Waals surface area (Å²) in [5.41, 5.74) is 1.51. The Morgan fingerprint density at radius 1 is 0.696 bits per heavy atom. The molecule has 1 aliphatic heterocycles. The number of imide groups is 1. The molecule has 5 N–H and O–H groups in total. The summed E-state index contributed by atoms with van der Waals surface area (Å²) < 4.78 is 10.9. The number of benzene rings is 2. The van der Waals surface area contributed by atoms with E-state index in [4.69, 9.17) is 9.47 Å². The van der Waals surface area contributed by atoms with E-state index in [9.17, 15) is 33.9 Å². The van der Waals surface area contributed by atoms with Crippen molar-refractivity contribution in [1.29, 1.82) is 0 Å². The Morgan fingerprint density at radius 2 is 1.21 bits per heavy atom. The molecule has 0 aromatic heterocycles. The second kappa shape index (κ2) is 22.1. The molecule has 1 heterocycles. The fraction of sp³-hybridized carbons (Fsp3) is 0.571. The Bertz CT molecular complexity index is 1600. The van der Waals surface area contributed by atoms with Gasteiger partial charge < -0.3 is 35.8 Å². The number of aliphatic hydroxyl groups is 1. The molecule has 6 atom stereocenters. The SMILES string of the molecule is CC(C)C[C@H](C(=O)NC(C(=O)OCc1ccccc1)C(C)C)N(C(=O)C(O)C1CCCN1)C(=O)C(NC(=O)C(NC(=O)OCc1ccccc1)C(C)C)C(C)C. The van der Waals surface area contributed by atoms with Gasteiger partial charge in [-0.25, -0.2) is 9.59 Å². The largest absolute Gasteiger partial charge is 0.459 e. The van der Waals surface area contributed by atoms with Gasteiger partial charge in [0.25, 0.3) is 11.8 Å². The number of alkyl carbamates (subject to hydrolysis) is 1. The van der Waals surface area contributed by atoms with Crippen LogP contribution in [0.25, 0.3) is 0 Å². The average molecular weight is 780 g/mol. The molecule has 0 spiro atoms. The number of esters is 1. The lowest BCUT2D eigenvalue weighted by Crippen LogP contribution is -2.64. The number of carbonyl (C=O) groups is 6. The topological polar surface area (TPSA) is 192 Å². The van der Waals surface area contributed by atoms with Gasteiger partial charge in [0.1, 0.15) is 43.5 Å². The molecule has 0 aliphatic carbocycles. The van der Waals surface area contributed by atoms with Crippen molar-refractivity contribution in [3.05, 3.63) is 71.8 Å². The lowest BCUT2D eigenvalue weighted by molar-refractivity contribution is -0.161. The Balaban J connectivity index is 1.93. The van der Waals surface area contributed by atoms with E-state index >= 15 is 0 Å². The minimum atomic E-state index is -1.69. The molecule has 3 rings (SSSR count). The number of carbonyl (C=O) groups excluding carboxylic acids is 6. The van der Waals surface area contributed by atoms with Crippen LogP contribution in [0.2, 0.25) is 0 Å². The van der Waals surface area contributed by atoms with Crippen molar-refractivity contribution in [3.63, 3.8) is 0 Å². The average Bonchev–Trinajstić information content (AvgIpc) is 3.71. The summed E-state index contributed by atoms with van der Waals surface area (Å²) in [4.78, 5) is 84.3. The van der Waals surface area contributed by atoms with E-state index in [2.05, 4.69) is 21.3 Å². The number of rotatable bonds is 19. The van der Waals surface area contributed by atoms with Gasteiger partial charge in [0.2, 0.25) is 11.8 Å². The minimum Gasteiger partial charge on any atom is -0.459 e. The van der Waals surface area contributed by atoms with Crippen LogP contribution in [0.1, 0.15) is 85.8 Å². The molecule has 2 aromatic rings. The van der Waals surface area contributed by atoms with Crippen molar-refractivity contribution in [3.8, 4) is 0 Å². The first-order valence-electron chi connectivity index (χ1n) is 19.6. The number of aliphatic hydroxyl groups excluding tert-OH is 1. The molecule has 0 saturated carbocycles. The van der Waals surface area contributed by atoms with Crippen LogP contribution in [0.4, 0.5) is 4.79 Å². The molecule has 1 saturated heterocycles. The molecule has 0 radical (unpaired) electrons. The Morgan fingerprint density at radius 3 is 1.70 bits per heavy atom. The molecule has 0 bridgehead atoms. The zero-order valence-electron chi connectivity index (χ0n) is 34.0. The molecule has 56 heavy (non-hydrogen) atoms. The van der Waals surface area contributed by atoms with Crippen LogP contribution >= 0.6 is 0 Å². The summed E-state index contributed by atoms with van der Waals surface area (Å²) >= 11 is 0. The highest BCUT2D eigenvalue weighted by atomic mass is 16.5. The van der Waals surface area contributed by atoms with E-state index in [0.717, 1.165) is 16.0 Å². The van der Waals surface area contributed by atoms with E-state index in [-0.39, 0.29) is 25.6 Å². The van der Waals surface area contributed by atoms with Crippen LogP contribution in [0.5, 0.6) is 0 Å². The Labute approximate surface area is 330 Å². The molecule has 1 aliphatic rings. The normalized spacial score (nSPS) is 16.8. The number of amides is 5. The molecule has 1 fully saturated rings. The van der Waals surface area contributed by atoms with E-state index in [1.165, 1.54) is 0 Å². The number of hydrogen-bond acceptors (Lipinski definition) is 10. The van der Waals surface area contributed by atoms with Crippen LogP contribution in [0, 0.1) is 23.7 Å². The van der Waals surface area contributed by atoms with Gasteiger partial charge in [-0.2, -0.15) is 0 Å². The van der Waals surface area contributed by atoms with E-state index in [1.54, 1.807) is 77.9 Å². The van der Waals surface area contributed by atoms with Crippen LogP contribution in [-0.2, 0) is 46.7 Å². The number of ether oxygens (including phenoxy) is 2. The number of hydrogen-bond donors (Lipinski definition) is 5. The van der Waals surface area contributed by atoms with E-state index in [1.807, 2.05) is 38.1 Å². The Kier molecular flexibility index (Phi) is 17.9. The number of nitrogens with one attached hydrogen (secondary N) is 4. The summed E-state index contributed by atoms with van der Waals surface area (Å²) in [6.07, 6.45) is -1.38. The van der Waals surface area contributed by atoms with Crippen LogP contribution < -0.4 is 21.3 Å². The quantitative estimate of drug-likeness (QED) is 0.131. The summed E-state index contributed by atoms with van der Waals surface area (Å²) in [7, 11) is 0. The molecule has 5 amide bonds. The molecule has 14 heteroatoms. The molecule has 2 aromatic carbocycles. The fourth-order valence-electron chi connectivity index (χ4n) is 6.39. The van der Waals surface area contributed by atoms with Crippen molar-refractivity contribution in [2.24, 2.45) is 23.7 Å². The predicted molar refractivity (Wildman–Crippen MR) is 210 cm³/mol. The highest BCUT2D eigenvalue weighted by Gasteiger charge is 2.45. The third-order valence-corrected chi connectivity index (χ3v) is 9.62. The third kappa shape index (κ3) is 13.4. The second-order valence-electron chi connectivity index (χ2n) is 15.8. The van der Waals surface area contributed by atoms with Gasteiger partial charge in [0, 0.05) is 6.04 Å². The van der Waals surface area contributed by atoms with Crippen molar-refractivity contribution >= 4 is 35.7 Å². The van der Waals surface area contributed by atoms with Crippen LogP contribution in [-0.4, -0.2) is 88.6 Å². The maximum Gasteiger partial charge on any atom is 0.408 e. The van der Waals surface area contributed by atoms with Gasteiger partial charge in [-0.1, -0.05) is 116 Å². The van der Waals surface area contributed by atoms with Gasteiger partial charge in [0.15, 0.2) is 0 Å². The minimum absolute atomic E-state index is 0.0137. The highest BCUT2D eigenvalue weighted by Crippen LogP contribution is 2.22. The maximum absolute atomic E-state index is 14.8. The fourth-order valence-corrected chi connectivity index (χ4v) is 6.39. The first kappa shape index (κ1) is 45.6. The molecular formula is C42H61N5O9. The van der Waals surface area contributed by atoms with Gasteiger partial charge in [-0.3, -0.25) is 24.1 Å². The van der Waals surface area contributed by atoms with Gasteiger partial charge >= 0.3 is 12.1 Å². The summed E-state index contributed by atoms with van der Waals surface area (Å²) in [6.45, 7) is 14.4. The summed E-state index contributed by atoms with van der Waals surface area (Å²) in [6, 6.07) is 12.3. The predicted octanol–water partition coefficient (Wildman–Crippen LogP) is 3.85. The maximum atomic E-state index is 14.8. The van der Waals surface area contributed by atoms with Gasteiger partial charge in [-0.15, -0.1) is 0 Å². The van der Waals surface area contributed by atoms with Gasteiger partial charge in [0.05, 0.1) is 0 Å². The van der Waals surface area contributed by atoms with Crippen molar-refractivity contribution in [2.75, 3.05) is 6.54 Å². The third-order valence-electron chi connectivity index (χ3n) is 9.62. The van der Waals surface area contributed by atoms with Crippen molar-refractivity contribution < 1.29 is 43.3 Å². The molecule has 5 unspecified atom stereocenters. The van der Waals surface area contributed by atoms with Crippen LogP contribution in [0.15, 0.2) is 60.7 Å². The van der Waals surface area contributed by atoms with Crippen LogP contribution in [0.3, 0.4) is 0 Å². The lowest BCUT2D eigenvalue weighted by Gasteiger charge is -2.37. The first-order chi connectivity index (χ1) is 26.5. The first-order valence-corrected chi connectivity index (χ1v) is 19.6. The van der Waals surface area contributed by atoms with E-state index in [0.29, 0.717) is 19.4 Å². The lowest BCUT2D eigenvalue weighted by atomic mass is 9.95. The molecular weight excluding hydrogens is 718 g/mol. The van der Waals surface area contributed by atoms with Gasteiger partial charge in [-0.05, 0) is 60.6 Å². The molecule has 14 nitrogen and oxygen atoms in total. The van der Waals surface area contributed by atoms with Crippen molar-refractivity contribution in [2.45, 2.75) is 124 Å². The second-order valence-corrected chi connectivity index (χ2v) is 15.8. The standard InChI is InChI=1S/C42H61N5O9/c1-25(2)22-32(37(49)45-35(28(7)8)41(53)55-23-29-16-11-9-12-17-29)47(40(52)36(48)31-20-15-21-43-31)39(51)34(27(5)6)44-38(50)33(26(3)4)46-42(54)56-24-30-18-13-10-14-19-30/h9-14,16-19,25-28,31-36,43,48H,15,20-24H2,1-8H3,(H,44,50)(H,45,49)(H,46,54)/t31?,32-,33?,34?,35?,36?/m1/s1. The van der Waals surface area contributed by atoms with E-state index < -0.39 is 89.8 Å². The van der Waals surface area contributed by atoms with Crippen molar-refractivity contribution in [1.82, 2.24) is 26.2 Å². The monoisotopic (exact) mass is 779 g/mol. The number of nitrogens with zero attached hydrogens (tertiary/aromatic N) is 1.